The molecule has 11 heteroatoms. The molecule has 11 nitrogen and oxygen atoms in total. The number of nitro benzene ring substituents is 1. The summed E-state index contributed by atoms with van der Waals surface area (Å²) in [5, 5.41) is 11.0. The normalized spacial score (nSPS) is 23.5. The summed E-state index contributed by atoms with van der Waals surface area (Å²) in [6.45, 7) is 0.892. The molecule has 0 spiro atoms. The van der Waals surface area contributed by atoms with Crippen LogP contribution in [0.25, 0.3) is 0 Å². The van der Waals surface area contributed by atoms with E-state index in [1.165, 1.54) is 12.1 Å². The third kappa shape index (κ3) is 3.83. The van der Waals surface area contributed by atoms with Crippen molar-refractivity contribution in [3.8, 4) is 0 Å². The highest BCUT2D eigenvalue weighted by Gasteiger charge is 2.48. The predicted octanol–water partition coefficient (Wildman–Crippen LogP) is 0.131. The molecule has 6 rings (SSSR count). The number of H-pyrrole nitrogens is 2. The number of nitrogens with one attached hydrogen (secondary N) is 2. The van der Waals surface area contributed by atoms with Gasteiger partial charge in [0.2, 0.25) is 11.8 Å². The number of non-ortho nitro benzene ring substituents is 1. The monoisotopic (exact) mass is 453 g/mol. The van der Waals surface area contributed by atoms with Crippen LogP contribution in [0.3, 0.4) is 0 Å². The predicted molar refractivity (Wildman–Crippen MR) is 116 cm³/mol. The number of aryl methyl sites for hydroxylation is 1. The lowest BCUT2D eigenvalue weighted by atomic mass is 9.83. The average molecular weight is 453 g/mol. The molecule has 1 aromatic carbocycles. The lowest BCUT2D eigenvalue weighted by molar-refractivity contribution is -0.384. The van der Waals surface area contributed by atoms with Crippen LogP contribution in [0.4, 0.5) is 5.69 Å². The summed E-state index contributed by atoms with van der Waals surface area (Å²) in [6, 6.07) is 5.96. The van der Waals surface area contributed by atoms with Crippen LogP contribution in [0.5, 0.6) is 0 Å². The number of rotatable bonds is 4. The van der Waals surface area contributed by atoms with E-state index in [9.17, 15) is 29.3 Å². The van der Waals surface area contributed by atoms with E-state index >= 15 is 0 Å². The van der Waals surface area contributed by atoms with E-state index in [0.717, 1.165) is 6.42 Å². The molecule has 3 fully saturated rings. The maximum atomic E-state index is 13.2. The number of benzene rings is 1. The Morgan fingerprint density at radius 1 is 1.15 bits per heavy atom. The zero-order valence-corrected chi connectivity index (χ0v) is 17.8. The van der Waals surface area contributed by atoms with Crippen molar-refractivity contribution >= 4 is 17.5 Å². The van der Waals surface area contributed by atoms with Gasteiger partial charge in [0.25, 0.3) is 11.2 Å². The van der Waals surface area contributed by atoms with Crippen molar-refractivity contribution in [2.75, 3.05) is 13.1 Å². The van der Waals surface area contributed by atoms with Crippen LogP contribution in [0, 0.1) is 16.0 Å². The maximum Gasteiger partial charge on any atom is 0.325 e. The minimum absolute atomic E-state index is 0.0215. The van der Waals surface area contributed by atoms with Gasteiger partial charge in [-0.3, -0.25) is 29.5 Å². The molecule has 172 valence electrons. The Morgan fingerprint density at radius 3 is 2.64 bits per heavy atom. The fraction of sp³-hybridized carbons (Fsp3) is 0.455. The van der Waals surface area contributed by atoms with Crippen LogP contribution in [0.1, 0.15) is 29.7 Å². The third-order valence-electron chi connectivity index (χ3n) is 6.94. The fourth-order valence-corrected chi connectivity index (χ4v) is 5.37. The van der Waals surface area contributed by atoms with Crippen LogP contribution in [0.2, 0.25) is 0 Å². The lowest BCUT2D eigenvalue weighted by Gasteiger charge is -2.56. The molecule has 2 amide bonds. The number of nitro groups is 1. The fourth-order valence-electron chi connectivity index (χ4n) is 5.37. The van der Waals surface area contributed by atoms with Gasteiger partial charge in [0.1, 0.15) is 0 Å². The number of carbonyl (C=O) groups is 2. The Labute approximate surface area is 187 Å². The van der Waals surface area contributed by atoms with Gasteiger partial charge in [-0.25, -0.2) is 4.79 Å². The molecule has 0 radical (unpaired) electrons. The van der Waals surface area contributed by atoms with Gasteiger partial charge < -0.3 is 14.8 Å². The number of hydrogen-bond acceptors (Lipinski definition) is 6. The standard InChI is InChI=1S/C22H23N5O6/c28-19(7-12-2-1-3-14(6-12)27(32)33)26-15-9-16(26)11-25(10-15)21(30)13-4-5-18-17(8-13)20(29)24-22(31)23-18/h1-3,6,13,15-16H,4-5,7-11H2,(H2,23,24,29,31). The smallest absolute Gasteiger partial charge is 0.325 e. The van der Waals surface area contributed by atoms with E-state index in [-0.39, 0.29) is 41.9 Å². The number of amides is 2. The molecule has 3 saturated heterocycles. The molecule has 3 unspecified atom stereocenters. The Hall–Kier alpha value is -3.76. The number of carbonyl (C=O) groups excluding carboxylic acids is 2. The number of piperazine rings is 1. The topological polar surface area (TPSA) is 149 Å². The van der Waals surface area contributed by atoms with Gasteiger partial charge in [0.15, 0.2) is 0 Å². The second-order valence-corrected chi connectivity index (χ2v) is 9.00. The van der Waals surface area contributed by atoms with Crippen molar-refractivity contribution in [1.29, 1.82) is 0 Å². The molecule has 2 aromatic rings. The summed E-state index contributed by atoms with van der Waals surface area (Å²) < 4.78 is 0. The molecule has 4 heterocycles. The van der Waals surface area contributed by atoms with E-state index in [0.29, 0.717) is 49.2 Å². The molecule has 2 N–H and O–H groups in total. The van der Waals surface area contributed by atoms with Gasteiger partial charge in [-0.15, -0.1) is 0 Å². The summed E-state index contributed by atoms with van der Waals surface area (Å²) in [5.74, 6) is -0.436. The molecule has 1 aromatic heterocycles. The molecule has 0 saturated carbocycles. The first-order valence-corrected chi connectivity index (χ1v) is 11.0. The molecular formula is C22H23N5O6. The van der Waals surface area contributed by atoms with Crippen LogP contribution in [0.15, 0.2) is 33.9 Å². The van der Waals surface area contributed by atoms with Crippen molar-refractivity contribution in [2.45, 2.75) is 44.2 Å². The van der Waals surface area contributed by atoms with Crippen LogP contribution in [-0.4, -0.2) is 61.7 Å². The van der Waals surface area contributed by atoms with Crippen LogP contribution in [-0.2, 0) is 28.9 Å². The first kappa shape index (κ1) is 21.1. The van der Waals surface area contributed by atoms with Gasteiger partial charge >= 0.3 is 5.69 Å². The number of fused-ring (bicyclic) bond motifs is 3. The van der Waals surface area contributed by atoms with Crippen LogP contribution < -0.4 is 11.2 Å². The van der Waals surface area contributed by atoms with E-state index in [2.05, 4.69) is 9.97 Å². The maximum absolute atomic E-state index is 13.2. The van der Waals surface area contributed by atoms with Gasteiger partial charge in [-0.1, -0.05) is 12.1 Å². The summed E-state index contributed by atoms with van der Waals surface area (Å²) >= 11 is 0. The van der Waals surface area contributed by atoms with Crippen molar-refractivity contribution in [2.24, 2.45) is 5.92 Å². The minimum Gasteiger partial charge on any atom is -0.338 e. The van der Waals surface area contributed by atoms with Gasteiger partial charge in [0.05, 0.1) is 23.4 Å². The highest BCUT2D eigenvalue weighted by molar-refractivity contribution is 5.83. The highest BCUT2D eigenvalue weighted by atomic mass is 16.6. The SMILES string of the molecule is O=C(C1CCc2[nH]c(=O)[nH]c(=O)c2C1)N1CC2CC(C1)N2C(=O)Cc1cccc([N+](=O)[O-])c1. The second-order valence-electron chi connectivity index (χ2n) is 9.00. The highest BCUT2D eigenvalue weighted by Crippen LogP contribution is 2.35. The van der Waals surface area contributed by atoms with Gasteiger partial charge in [0, 0.05) is 42.4 Å². The van der Waals surface area contributed by atoms with Gasteiger partial charge in [-0.2, -0.15) is 0 Å². The minimum atomic E-state index is -0.533. The Bertz CT molecular complexity index is 1250. The number of piperidine rings is 1. The largest absolute Gasteiger partial charge is 0.338 e. The Morgan fingerprint density at radius 2 is 1.91 bits per heavy atom. The molecule has 3 aliphatic heterocycles. The number of aromatic nitrogens is 2. The molecule has 1 aliphatic carbocycles. The van der Waals surface area contributed by atoms with E-state index in [4.69, 9.17) is 0 Å². The Balaban J connectivity index is 1.22. The zero-order valence-electron chi connectivity index (χ0n) is 17.8. The molecule has 3 atom stereocenters. The first-order valence-electron chi connectivity index (χ1n) is 11.0. The average Bonchev–Trinajstić information content (AvgIpc) is 2.78. The zero-order chi connectivity index (χ0) is 23.3. The van der Waals surface area contributed by atoms with Crippen molar-refractivity contribution in [3.05, 3.63) is 72.0 Å². The van der Waals surface area contributed by atoms with Gasteiger partial charge in [-0.05, 0) is 31.2 Å². The number of hydrogen-bond donors (Lipinski definition) is 2. The summed E-state index contributed by atoms with van der Waals surface area (Å²) in [7, 11) is 0. The molecular weight excluding hydrogens is 430 g/mol. The molecule has 2 bridgehead atoms. The lowest BCUT2D eigenvalue weighted by Crippen LogP contribution is -2.71. The Kier molecular flexibility index (Phi) is 5.10. The molecule has 4 aliphatic rings. The van der Waals surface area contributed by atoms with Crippen molar-refractivity contribution < 1.29 is 14.5 Å². The summed E-state index contributed by atoms with van der Waals surface area (Å²) in [6.07, 6.45) is 2.25. The first-order chi connectivity index (χ1) is 15.8. The van der Waals surface area contributed by atoms with E-state index < -0.39 is 16.2 Å². The van der Waals surface area contributed by atoms with E-state index in [1.54, 1.807) is 21.9 Å². The number of aromatic amines is 2. The molecule has 33 heavy (non-hydrogen) atoms. The quantitative estimate of drug-likeness (QED) is 0.496. The van der Waals surface area contributed by atoms with Crippen molar-refractivity contribution in [3.63, 3.8) is 0 Å². The van der Waals surface area contributed by atoms with Crippen molar-refractivity contribution in [1.82, 2.24) is 19.8 Å². The summed E-state index contributed by atoms with van der Waals surface area (Å²) in [4.78, 5) is 68.6. The van der Waals surface area contributed by atoms with E-state index in [1.807, 2.05) is 0 Å². The third-order valence-corrected chi connectivity index (χ3v) is 6.94. The summed E-state index contributed by atoms with van der Waals surface area (Å²) in [5.41, 5.74) is 0.650. The number of nitrogens with zero attached hydrogens (tertiary/aromatic N) is 3. The second kappa shape index (κ2) is 7.98. The van der Waals surface area contributed by atoms with Crippen LogP contribution >= 0.6 is 0 Å².